The summed E-state index contributed by atoms with van der Waals surface area (Å²) in [5, 5.41) is 17.9. The van der Waals surface area contributed by atoms with Crippen LogP contribution in [-0.4, -0.2) is 72.0 Å². The van der Waals surface area contributed by atoms with E-state index >= 15 is 0 Å². The van der Waals surface area contributed by atoms with Gasteiger partial charge in [0.1, 0.15) is 6.61 Å². The number of urea groups is 2. The van der Waals surface area contributed by atoms with E-state index in [1.165, 1.54) is 0 Å². The molecule has 2 fully saturated rings. The number of rotatable bonds is 3. The number of β-amino-alcohol motifs (C(OH)–C–C–N with tert-alkyl or cyclic N) is 1. The van der Waals surface area contributed by atoms with Crippen LogP contribution >= 0.6 is 0 Å². The summed E-state index contributed by atoms with van der Waals surface area (Å²) in [7, 11) is 0. The monoisotopic (exact) mass is 463 g/mol. The first-order chi connectivity index (χ1) is 16.4. The van der Waals surface area contributed by atoms with Gasteiger partial charge in [0, 0.05) is 29.2 Å². The topological polar surface area (TPSA) is 114 Å². The van der Waals surface area contributed by atoms with E-state index in [9.17, 15) is 19.5 Å². The number of nitrogens with zero attached hydrogens (tertiary/aromatic N) is 3. The Balaban J connectivity index is 1.43. The van der Waals surface area contributed by atoms with Gasteiger partial charge >= 0.3 is 12.1 Å². The van der Waals surface area contributed by atoms with Crippen molar-refractivity contribution in [3.8, 4) is 12.3 Å². The molecule has 2 aliphatic rings. The number of hydrogen-bond donors (Lipinski definition) is 3. The third kappa shape index (κ3) is 4.96. The molecule has 0 aromatic heterocycles. The summed E-state index contributed by atoms with van der Waals surface area (Å²) < 4.78 is 5.17. The fraction of sp³-hybridized carbons (Fsp3) is 0.292. The number of anilines is 3. The highest BCUT2D eigenvalue weighted by atomic mass is 16.5. The number of hydrazine groups is 1. The zero-order chi connectivity index (χ0) is 24.2. The van der Waals surface area contributed by atoms with Gasteiger partial charge in [0.15, 0.2) is 0 Å². The number of ether oxygens (including phenoxy) is 1. The Bertz CT molecular complexity index is 1140. The molecule has 2 aliphatic heterocycles. The van der Waals surface area contributed by atoms with Crippen molar-refractivity contribution in [3.05, 3.63) is 53.6 Å². The molecular formula is C24H25N5O5. The van der Waals surface area contributed by atoms with E-state index in [2.05, 4.69) is 16.6 Å². The Morgan fingerprint density at radius 2 is 1.68 bits per heavy atom. The molecule has 0 saturated carbocycles. The molecule has 3 N–H and O–H groups in total. The first-order valence-corrected chi connectivity index (χ1v) is 10.8. The van der Waals surface area contributed by atoms with Gasteiger partial charge in [-0.1, -0.05) is 5.92 Å². The summed E-state index contributed by atoms with van der Waals surface area (Å²) in [6.45, 7) is 2.76. The van der Waals surface area contributed by atoms with E-state index in [0.29, 0.717) is 30.1 Å². The largest absolute Gasteiger partial charge is 0.389 e. The van der Waals surface area contributed by atoms with Crippen molar-refractivity contribution in [2.24, 2.45) is 0 Å². The number of nitrogens with one attached hydrogen (secondary N) is 2. The van der Waals surface area contributed by atoms with Gasteiger partial charge in [-0.25, -0.2) is 19.6 Å². The van der Waals surface area contributed by atoms with Crippen LogP contribution in [0.3, 0.4) is 0 Å². The number of carbonyl (C=O) groups is 3. The number of carbonyl (C=O) groups excluding carboxylic acids is 3. The number of morpholine rings is 1. The number of aryl methyl sites for hydroxylation is 1. The molecular weight excluding hydrogens is 438 g/mol. The Kier molecular flexibility index (Phi) is 6.67. The number of hydrogen-bond acceptors (Lipinski definition) is 5. The summed E-state index contributed by atoms with van der Waals surface area (Å²) in [6, 6.07) is 10.8. The van der Waals surface area contributed by atoms with Crippen molar-refractivity contribution in [2.75, 3.05) is 48.4 Å². The lowest BCUT2D eigenvalue weighted by Crippen LogP contribution is -2.48. The zero-order valence-electron chi connectivity index (χ0n) is 18.7. The van der Waals surface area contributed by atoms with Gasteiger partial charge in [0.2, 0.25) is 0 Å². The molecule has 176 valence electrons. The van der Waals surface area contributed by atoms with Crippen LogP contribution in [0.5, 0.6) is 0 Å². The second-order valence-corrected chi connectivity index (χ2v) is 8.00. The second kappa shape index (κ2) is 9.82. The zero-order valence-corrected chi connectivity index (χ0v) is 18.7. The molecule has 2 aromatic rings. The maximum Gasteiger partial charge on any atom is 0.340 e. The summed E-state index contributed by atoms with van der Waals surface area (Å²) in [6.07, 6.45) is 4.47. The summed E-state index contributed by atoms with van der Waals surface area (Å²) in [5.41, 5.74) is 3.24. The Hall–Kier alpha value is -4.07. The van der Waals surface area contributed by atoms with Gasteiger partial charge in [-0.15, -0.1) is 6.42 Å². The molecule has 2 heterocycles. The highest BCUT2D eigenvalue weighted by molar-refractivity contribution is 5.97. The van der Waals surface area contributed by atoms with Crippen LogP contribution < -0.4 is 15.5 Å². The minimum atomic E-state index is -0.878. The number of amides is 5. The Morgan fingerprint density at radius 1 is 1.06 bits per heavy atom. The summed E-state index contributed by atoms with van der Waals surface area (Å²) in [5.74, 6) is 2.38. The van der Waals surface area contributed by atoms with Gasteiger partial charge in [0.25, 0.3) is 5.91 Å². The second-order valence-electron chi connectivity index (χ2n) is 8.00. The van der Waals surface area contributed by atoms with Crippen molar-refractivity contribution in [1.82, 2.24) is 10.0 Å². The molecule has 1 atom stereocenters. The molecule has 5 amide bonds. The summed E-state index contributed by atoms with van der Waals surface area (Å²) >= 11 is 0. The molecule has 2 saturated heterocycles. The van der Waals surface area contributed by atoms with Gasteiger partial charge in [0.05, 0.1) is 25.8 Å². The number of terminal acetylenes is 1. The molecule has 0 bridgehead atoms. The van der Waals surface area contributed by atoms with Crippen molar-refractivity contribution in [3.63, 3.8) is 0 Å². The van der Waals surface area contributed by atoms with Gasteiger partial charge < -0.3 is 25.4 Å². The van der Waals surface area contributed by atoms with Crippen molar-refractivity contribution < 1.29 is 24.2 Å². The first kappa shape index (κ1) is 23.1. The van der Waals surface area contributed by atoms with Crippen molar-refractivity contribution in [1.29, 1.82) is 0 Å². The maximum absolute atomic E-state index is 12.9. The van der Waals surface area contributed by atoms with Gasteiger partial charge in [-0.05, 0) is 55.0 Å². The first-order valence-electron chi connectivity index (χ1n) is 10.8. The van der Waals surface area contributed by atoms with Crippen molar-refractivity contribution >= 4 is 35.0 Å². The van der Waals surface area contributed by atoms with Crippen molar-refractivity contribution in [2.45, 2.75) is 13.0 Å². The average Bonchev–Trinajstić information content (AvgIpc) is 3.22. The molecule has 4 rings (SSSR count). The van der Waals surface area contributed by atoms with E-state index in [4.69, 9.17) is 11.2 Å². The quantitative estimate of drug-likeness (QED) is 0.603. The third-order valence-corrected chi connectivity index (χ3v) is 5.56. The van der Waals surface area contributed by atoms with E-state index in [1.807, 2.05) is 6.92 Å². The molecule has 34 heavy (non-hydrogen) atoms. The van der Waals surface area contributed by atoms with E-state index in [0.717, 1.165) is 21.3 Å². The molecule has 0 spiro atoms. The minimum absolute atomic E-state index is 0.0290. The fourth-order valence-electron chi connectivity index (χ4n) is 3.87. The minimum Gasteiger partial charge on any atom is -0.389 e. The average molecular weight is 463 g/mol. The Labute approximate surface area is 197 Å². The highest BCUT2D eigenvalue weighted by Crippen LogP contribution is 2.26. The molecule has 0 radical (unpaired) electrons. The molecule has 1 unspecified atom stereocenters. The molecule has 10 nitrogen and oxygen atoms in total. The SMILES string of the molecule is C#Cc1ccc(NC(=O)N2CC(O)CN2C(=O)Nc2ccc(N3CCOCC3=O)c(C)c2)cc1. The van der Waals surface area contributed by atoms with Crippen LogP contribution in [0, 0.1) is 19.3 Å². The third-order valence-electron chi connectivity index (χ3n) is 5.56. The fourth-order valence-corrected chi connectivity index (χ4v) is 3.87. The molecule has 2 aromatic carbocycles. The van der Waals surface area contributed by atoms with Crippen LogP contribution in [0.25, 0.3) is 0 Å². The highest BCUT2D eigenvalue weighted by Gasteiger charge is 2.36. The maximum atomic E-state index is 12.9. The van der Waals surface area contributed by atoms with Gasteiger partial charge in [-0.2, -0.15) is 0 Å². The lowest BCUT2D eigenvalue weighted by molar-refractivity contribution is -0.125. The van der Waals surface area contributed by atoms with Crippen LogP contribution in [0.15, 0.2) is 42.5 Å². The number of benzene rings is 2. The van der Waals surface area contributed by atoms with E-state index in [1.54, 1.807) is 47.4 Å². The summed E-state index contributed by atoms with van der Waals surface area (Å²) in [4.78, 5) is 39.5. The predicted molar refractivity (Wildman–Crippen MR) is 126 cm³/mol. The molecule has 10 heteroatoms. The molecule has 0 aliphatic carbocycles. The standard InChI is InChI=1S/C24H25N5O5/c1-3-17-4-6-18(7-5-17)25-23(32)28-13-20(30)14-29(28)24(33)26-19-8-9-21(16(2)12-19)27-10-11-34-15-22(27)31/h1,4-9,12,20,30H,10-11,13-15H2,2H3,(H,25,32)(H,26,33). The number of aliphatic hydroxyl groups is 1. The lowest BCUT2D eigenvalue weighted by Gasteiger charge is -2.29. The Morgan fingerprint density at radius 3 is 2.26 bits per heavy atom. The van der Waals surface area contributed by atoms with Crippen LogP contribution in [0.2, 0.25) is 0 Å². The lowest BCUT2D eigenvalue weighted by atomic mass is 10.1. The smallest absolute Gasteiger partial charge is 0.340 e. The van der Waals surface area contributed by atoms with E-state index in [-0.39, 0.29) is 25.6 Å². The van der Waals surface area contributed by atoms with E-state index < -0.39 is 18.2 Å². The number of aliphatic hydroxyl groups excluding tert-OH is 1. The van der Waals surface area contributed by atoms with Crippen LogP contribution in [0.1, 0.15) is 11.1 Å². The van der Waals surface area contributed by atoms with Gasteiger partial charge in [-0.3, -0.25) is 4.79 Å². The normalized spacial score (nSPS) is 18.0. The van der Waals surface area contributed by atoms with Crippen LogP contribution in [0.4, 0.5) is 26.7 Å². The van der Waals surface area contributed by atoms with Crippen LogP contribution in [-0.2, 0) is 9.53 Å². The predicted octanol–water partition coefficient (Wildman–Crippen LogP) is 2.00.